The van der Waals surface area contributed by atoms with Gasteiger partial charge in [0.25, 0.3) is 0 Å². The molecule has 0 aliphatic heterocycles. The van der Waals surface area contributed by atoms with Crippen molar-refractivity contribution in [3.8, 4) is 0 Å². The fourth-order valence-corrected chi connectivity index (χ4v) is 1.74. The van der Waals surface area contributed by atoms with Crippen LogP contribution in [0.3, 0.4) is 0 Å². The molecule has 0 saturated heterocycles. The predicted molar refractivity (Wildman–Crippen MR) is 71.1 cm³/mol. The molecule has 0 spiro atoms. The Bertz CT molecular complexity index is 313. The largest absolute Gasteiger partial charge is 0.315 e. The van der Waals surface area contributed by atoms with Crippen LogP contribution in [0.5, 0.6) is 0 Å². The molecule has 0 unspecified atom stereocenters. The summed E-state index contributed by atoms with van der Waals surface area (Å²) >= 11 is 6.06. The average molecular weight is 241 g/mol. The maximum absolute atomic E-state index is 6.06. The highest BCUT2D eigenvalue weighted by Gasteiger charge is 2.00. The Morgan fingerprint density at radius 3 is 2.62 bits per heavy atom. The van der Waals surface area contributed by atoms with E-state index in [1.807, 2.05) is 12.1 Å². The Labute approximate surface area is 103 Å². The minimum atomic E-state index is 0.850. The fourth-order valence-electron chi connectivity index (χ4n) is 1.55. The average Bonchev–Trinajstić information content (AvgIpc) is 2.29. The van der Waals surface area contributed by atoms with Crippen molar-refractivity contribution < 1.29 is 0 Å². The number of rotatable bonds is 7. The van der Waals surface area contributed by atoms with Crippen LogP contribution < -0.4 is 10.6 Å². The first-order valence-electron chi connectivity index (χ1n) is 5.91. The number of hydrogen-bond acceptors (Lipinski definition) is 2. The first kappa shape index (κ1) is 13.5. The summed E-state index contributed by atoms with van der Waals surface area (Å²) in [7, 11) is 0. The van der Waals surface area contributed by atoms with Crippen LogP contribution in [-0.4, -0.2) is 19.6 Å². The van der Waals surface area contributed by atoms with E-state index in [1.54, 1.807) is 0 Å². The molecule has 90 valence electrons. The molecule has 16 heavy (non-hydrogen) atoms. The van der Waals surface area contributed by atoms with Crippen molar-refractivity contribution >= 4 is 11.6 Å². The monoisotopic (exact) mass is 240 g/mol. The van der Waals surface area contributed by atoms with E-state index >= 15 is 0 Å². The zero-order chi connectivity index (χ0) is 11.8. The highest BCUT2D eigenvalue weighted by molar-refractivity contribution is 6.31. The standard InChI is InChI=1S/C13H21ClN2/c1-3-7-15-8-9-16-10-12-5-4-6-13(14)11(12)2/h4-6,15-16H,3,7-10H2,1-2H3. The molecule has 0 aliphatic carbocycles. The van der Waals surface area contributed by atoms with E-state index in [9.17, 15) is 0 Å². The van der Waals surface area contributed by atoms with Crippen LogP contribution >= 0.6 is 11.6 Å². The lowest BCUT2D eigenvalue weighted by Crippen LogP contribution is -2.27. The molecular weight excluding hydrogens is 220 g/mol. The summed E-state index contributed by atoms with van der Waals surface area (Å²) < 4.78 is 0. The van der Waals surface area contributed by atoms with Gasteiger partial charge in [-0.2, -0.15) is 0 Å². The van der Waals surface area contributed by atoms with Gasteiger partial charge in [0.05, 0.1) is 0 Å². The molecule has 0 aromatic heterocycles. The van der Waals surface area contributed by atoms with Crippen molar-refractivity contribution in [2.45, 2.75) is 26.8 Å². The molecule has 0 atom stereocenters. The van der Waals surface area contributed by atoms with Gasteiger partial charge in [-0.05, 0) is 37.1 Å². The van der Waals surface area contributed by atoms with E-state index in [0.717, 1.165) is 31.2 Å². The van der Waals surface area contributed by atoms with Crippen molar-refractivity contribution in [3.63, 3.8) is 0 Å². The van der Waals surface area contributed by atoms with Crippen molar-refractivity contribution in [2.24, 2.45) is 0 Å². The Hall–Kier alpha value is -0.570. The maximum atomic E-state index is 6.06. The van der Waals surface area contributed by atoms with Crippen LogP contribution in [0.25, 0.3) is 0 Å². The molecule has 3 heteroatoms. The zero-order valence-corrected chi connectivity index (χ0v) is 10.9. The third-order valence-corrected chi connectivity index (χ3v) is 3.01. The van der Waals surface area contributed by atoms with Gasteiger partial charge in [0.1, 0.15) is 0 Å². The molecule has 2 N–H and O–H groups in total. The fraction of sp³-hybridized carbons (Fsp3) is 0.538. The lowest BCUT2D eigenvalue weighted by Gasteiger charge is -2.09. The zero-order valence-electron chi connectivity index (χ0n) is 10.1. The molecular formula is C13H21ClN2. The van der Waals surface area contributed by atoms with E-state index in [2.05, 4.69) is 30.5 Å². The number of nitrogens with one attached hydrogen (secondary N) is 2. The summed E-state index contributed by atoms with van der Waals surface area (Å²) in [5, 5.41) is 7.62. The van der Waals surface area contributed by atoms with Gasteiger partial charge in [-0.15, -0.1) is 0 Å². The number of hydrogen-bond donors (Lipinski definition) is 2. The third-order valence-electron chi connectivity index (χ3n) is 2.60. The molecule has 0 fully saturated rings. The summed E-state index contributed by atoms with van der Waals surface area (Å²) in [6.45, 7) is 8.24. The van der Waals surface area contributed by atoms with Crippen molar-refractivity contribution in [3.05, 3.63) is 34.3 Å². The molecule has 0 heterocycles. The summed E-state index contributed by atoms with van der Waals surface area (Å²) in [4.78, 5) is 0. The highest BCUT2D eigenvalue weighted by Crippen LogP contribution is 2.18. The van der Waals surface area contributed by atoms with Crippen LogP contribution in [0.15, 0.2) is 18.2 Å². The van der Waals surface area contributed by atoms with E-state index in [4.69, 9.17) is 11.6 Å². The second-order valence-corrected chi connectivity index (χ2v) is 4.36. The second kappa shape index (κ2) is 7.66. The minimum absolute atomic E-state index is 0.850. The SMILES string of the molecule is CCCNCCNCc1cccc(Cl)c1C. The van der Waals surface area contributed by atoms with Gasteiger partial charge in [0, 0.05) is 24.7 Å². The molecule has 0 aliphatic rings. The summed E-state index contributed by atoms with van der Waals surface area (Å²) in [5.41, 5.74) is 2.46. The molecule has 1 rings (SSSR count). The van der Waals surface area contributed by atoms with E-state index in [-0.39, 0.29) is 0 Å². The Morgan fingerprint density at radius 2 is 1.88 bits per heavy atom. The van der Waals surface area contributed by atoms with Gasteiger partial charge in [-0.3, -0.25) is 0 Å². The maximum Gasteiger partial charge on any atom is 0.0438 e. The van der Waals surface area contributed by atoms with Gasteiger partial charge in [-0.1, -0.05) is 30.7 Å². The predicted octanol–water partition coefficient (Wildman–Crippen LogP) is 2.74. The van der Waals surface area contributed by atoms with Crippen LogP contribution in [0, 0.1) is 6.92 Å². The summed E-state index contributed by atoms with van der Waals surface area (Å²) in [5.74, 6) is 0. The molecule has 0 radical (unpaired) electrons. The quantitative estimate of drug-likeness (QED) is 0.717. The molecule has 0 saturated carbocycles. The van der Waals surface area contributed by atoms with Gasteiger partial charge in [-0.25, -0.2) is 0 Å². The highest BCUT2D eigenvalue weighted by atomic mass is 35.5. The first-order chi connectivity index (χ1) is 7.75. The van der Waals surface area contributed by atoms with E-state index in [1.165, 1.54) is 17.5 Å². The molecule has 2 nitrogen and oxygen atoms in total. The van der Waals surface area contributed by atoms with Crippen molar-refractivity contribution in [1.29, 1.82) is 0 Å². The third kappa shape index (κ3) is 4.52. The van der Waals surface area contributed by atoms with Crippen LogP contribution in [0.2, 0.25) is 5.02 Å². The Morgan fingerprint density at radius 1 is 1.12 bits per heavy atom. The lowest BCUT2D eigenvalue weighted by atomic mass is 10.1. The smallest absolute Gasteiger partial charge is 0.0438 e. The first-order valence-corrected chi connectivity index (χ1v) is 6.29. The normalized spacial score (nSPS) is 10.7. The minimum Gasteiger partial charge on any atom is -0.315 e. The molecule has 0 bridgehead atoms. The van der Waals surface area contributed by atoms with Crippen LogP contribution in [0.1, 0.15) is 24.5 Å². The van der Waals surface area contributed by atoms with Gasteiger partial charge < -0.3 is 10.6 Å². The summed E-state index contributed by atoms with van der Waals surface area (Å²) in [6.07, 6.45) is 1.19. The van der Waals surface area contributed by atoms with Gasteiger partial charge in [0.2, 0.25) is 0 Å². The van der Waals surface area contributed by atoms with E-state index in [0.29, 0.717) is 0 Å². The molecule has 0 amide bonds. The Kier molecular flexibility index (Phi) is 6.46. The van der Waals surface area contributed by atoms with Gasteiger partial charge in [0.15, 0.2) is 0 Å². The van der Waals surface area contributed by atoms with Crippen molar-refractivity contribution in [1.82, 2.24) is 10.6 Å². The number of benzene rings is 1. The van der Waals surface area contributed by atoms with Crippen molar-refractivity contribution in [2.75, 3.05) is 19.6 Å². The van der Waals surface area contributed by atoms with Crippen LogP contribution in [-0.2, 0) is 6.54 Å². The Balaban J connectivity index is 2.24. The summed E-state index contributed by atoms with van der Waals surface area (Å²) in [6, 6.07) is 6.05. The topological polar surface area (TPSA) is 24.1 Å². The molecule has 1 aromatic carbocycles. The molecule has 1 aromatic rings. The van der Waals surface area contributed by atoms with Gasteiger partial charge >= 0.3 is 0 Å². The number of halogens is 1. The van der Waals surface area contributed by atoms with E-state index < -0.39 is 0 Å². The van der Waals surface area contributed by atoms with Crippen LogP contribution in [0.4, 0.5) is 0 Å². The second-order valence-electron chi connectivity index (χ2n) is 3.95. The lowest BCUT2D eigenvalue weighted by molar-refractivity contribution is 0.606.